The summed E-state index contributed by atoms with van der Waals surface area (Å²) >= 11 is 6.64. The summed E-state index contributed by atoms with van der Waals surface area (Å²) in [6.07, 6.45) is 1.28. The Balaban J connectivity index is 3.15. The Morgan fingerprint density at radius 2 is 2.36 bits per heavy atom. The van der Waals surface area contributed by atoms with Crippen molar-refractivity contribution < 1.29 is 8.76 Å². The van der Waals surface area contributed by atoms with Crippen molar-refractivity contribution in [3.8, 4) is 0 Å². The average molecular weight is 257 g/mol. The molecule has 6 heteroatoms. The first-order valence-electron chi connectivity index (χ1n) is 2.53. The Labute approximate surface area is 79.2 Å². The van der Waals surface area contributed by atoms with Crippen LogP contribution in [0, 0.1) is 0 Å². The van der Waals surface area contributed by atoms with E-state index < -0.39 is 11.1 Å². The van der Waals surface area contributed by atoms with E-state index in [0.29, 0.717) is 9.63 Å². The molecule has 1 atom stereocenters. The Morgan fingerprint density at radius 1 is 1.73 bits per heavy atom. The SMILES string of the molecule is O=S(O)c1cnc(Br)c(Cl)c1. The second-order valence-electron chi connectivity index (χ2n) is 1.69. The summed E-state index contributed by atoms with van der Waals surface area (Å²) in [5.41, 5.74) is 0. The Morgan fingerprint density at radius 3 is 2.82 bits per heavy atom. The maximum absolute atomic E-state index is 10.5. The molecule has 0 aliphatic carbocycles. The van der Waals surface area contributed by atoms with Crippen LogP contribution in [0.25, 0.3) is 0 Å². The Hall–Kier alpha value is 0.0300. The number of rotatable bonds is 1. The second kappa shape index (κ2) is 3.62. The third-order valence-corrected chi connectivity index (χ3v) is 2.75. The molecule has 0 saturated heterocycles. The fraction of sp³-hybridized carbons (Fsp3) is 0. The first kappa shape index (κ1) is 9.12. The van der Waals surface area contributed by atoms with Gasteiger partial charge in [0.05, 0.1) is 9.92 Å². The second-order valence-corrected chi connectivity index (χ2v) is 3.82. The number of hydrogen-bond donors (Lipinski definition) is 1. The lowest BCUT2D eigenvalue weighted by atomic mass is 10.5. The van der Waals surface area contributed by atoms with E-state index in [0.717, 1.165) is 0 Å². The van der Waals surface area contributed by atoms with Gasteiger partial charge in [-0.3, -0.25) is 0 Å². The molecule has 0 aliphatic heterocycles. The number of pyridine rings is 1. The van der Waals surface area contributed by atoms with Gasteiger partial charge >= 0.3 is 0 Å². The van der Waals surface area contributed by atoms with Crippen molar-refractivity contribution in [2.45, 2.75) is 4.90 Å². The summed E-state index contributed by atoms with van der Waals surface area (Å²) in [5.74, 6) is 0. The summed E-state index contributed by atoms with van der Waals surface area (Å²) in [4.78, 5) is 3.92. The molecule has 1 heterocycles. The minimum absolute atomic E-state index is 0.193. The topological polar surface area (TPSA) is 50.2 Å². The minimum atomic E-state index is -2.02. The lowest BCUT2D eigenvalue weighted by Gasteiger charge is -1.96. The van der Waals surface area contributed by atoms with Gasteiger partial charge < -0.3 is 4.55 Å². The quantitative estimate of drug-likeness (QED) is 0.618. The van der Waals surface area contributed by atoms with Crippen LogP contribution in [-0.2, 0) is 11.1 Å². The van der Waals surface area contributed by atoms with Gasteiger partial charge in [0.25, 0.3) is 0 Å². The van der Waals surface area contributed by atoms with Crippen LogP contribution in [0.2, 0.25) is 5.02 Å². The van der Waals surface area contributed by atoms with Gasteiger partial charge in [-0.05, 0) is 22.0 Å². The van der Waals surface area contributed by atoms with Crippen LogP contribution in [0.15, 0.2) is 21.8 Å². The molecule has 1 rings (SSSR count). The fourth-order valence-corrected chi connectivity index (χ4v) is 1.31. The van der Waals surface area contributed by atoms with Crippen LogP contribution in [-0.4, -0.2) is 13.7 Å². The normalized spacial score (nSPS) is 13.0. The third kappa shape index (κ3) is 2.23. The van der Waals surface area contributed by atoms with Gasteiger partial charge in [0.2, 0.25) is 0 Å². The fourth-order valence-electron chi connectivity index (χ4n) is 0.499. The molecular weight excluding hydrogens is 253 g/mol. The van der Waals surface area contributed by atoms with E-state index in [9.17, 15) is 4.21 Å². The van der Waals surface area contributed by atoms with Crippen molar-refractivity contribution in [3.63, 3.8) is 0 Å². The van der Waals surface area contributed by atoms with Gasteiger partial charge in [0.1, 0.15) is 4.60 Å². The molecule has 0 fully saturated rings. The zero-order valence-electron chi connectivity index (χ0n) is 5.12. The monoisotopic (exact) mass is 255 g/mol. The number of hydrogen-bond acceptors (Lipinski definition) is 2. The molecule has 0 amide bonds. The molecule has 0 aromatic carbocycles. The van der Waals surface area contributed by atoms with Crippen molar-refractivity contribution >= 4 is 38.6 Å². The van der Waals surface area contributed by atoms with E-state index in [1.165, 1.54) is 12.3 Å². The van der Waals surface area contributed by atoms with Crippen LogP contribution in [0.4, 0.5) is 0 Å². The number of halogens is 2. The molecule has 60 valence electrons. The maximum Gasteiger partial charge on any atom is 0.188 e. The summed E-state index contributed by atoms with van der Waals surface area (Å²) in [5, 5.41) is 0.324. The molecule has 0 spiro atoms. The highest BCUT2D eigenvalue weighted by Crippen LogP contribution is 2.21. The summed E-state index contributed by atoms with van der Waals surface area (Å²) in [6.45, 7) is 0. The van der Waals surface area contributed by atoms with Crippen molar-refractivity contribution in [3.05, 3.63) is 21.9 Å². The molecule has 0 bridgehead atoms. The highest BCUT2D eigenvalue weighted by atomic mass is 79.9. The maximum atomic E-state index is 10.5. The highest BCUT2D eigenvalue weighted by Gasteiger charge is 2.03. The third-order valence-electron chi connectivity index (χ3n) is 0.973. The zero-order chi connectivity index (χ0) is 8.43. The van der Waals surface area contributed by atoms with Gasteiger partial charge in [-0.25, -0.2) is 9.19 Å². The first-order chi connectivity index (χ1) is 5.11. The molecule has 11 heavy (non-hydrogen) atoms. The van der Waals surface area contributed by atoms with Gasteiger partial charge in [0, 0.05) is 6.20 Å². The lowest BCUT2D eigenvalue weighted by Crippen LogP contribution is -1.89. The minimum Gasteiger partial charge on any atom is -0.302 e. The molecule has 1 aromatic heterocycles. The largest absolute Gasteiger partial charge is 0.302 e. The molecule has 0 aliphatic rings. The van der Waals surface area contributed by atoms with Crippen LogP contribution in [0.1, 0.15) is 0 Å². The number of aromatic nitrogens is 1. The molecular formula is C5H3BrClNO2S. The van der Waals surface area contributed by atoms with E-state index in [1.54, 1.807) is 0 Å². The van der Waals surface area contributed by atoms with Crippen molar-refractivity contribution in [2.75, 3.05) is 0 Å². The zero-order valence-corrected chi connectivity index (χ0v) is 8.28. The number of nitrogens with zero attached hydrogens (tertiary/aromatic N) is 1. The van der Waals surface area contributed by atoms with E-state index in [-0.39, 0.29) is 4.90 Å². The van der Waals surface area contributed by atoms with Gasteiger partial charge in [-0.2, -0.15) is 0 Å². The molecule has 3 nitrogen and oxygen atoms in total. The van der Waals surface area contributed by atoms with E-state index >= 15 is 0 Å². The molecule has 1 unspecified atom stereocenters. The molecule has 0 saturated carbocycles. The lowest BCUT2D eigenvalue weighted by molar-refractivity contribution is 0.564. The van der Waals surface area contributed by atoms with Crippen LogP contribution < -0.4 is 0 Å². The summed E-state index contributed by atoms with van der Waals surface area (Å²) in [7, 11) is 0. The van der Waals surface area contributed by atoms with Gasteiger partial charge in [0.15, 0.2) is 11.1 Å². The van der Waals surface area contributed by atoms with Crippen molar-refractivity contribution in [2.24, 2.45) is 0 Å². The summed E-state index contributed by atoms with van der Waals surface area (Å²) < 4.78 is 19.5. The van der Waals surface area contributed by atoms with Gasteiger partial charge in [-0.1, -0.05) is 11.6 Å². The van der Waals surface area contributed by atoms with E-state index in [1.807, 2.05) is 0 Å². The predicted molar refractivity (Wildman–Crippen MR) is 46.0 cm³/mol. The van der Waals surface area contributed by atoms with E-state index in [2.05, 4.69) is 20.9 Å². The molecule has 1 aromatic rings. The first-order valence-corrected chi connectivity index (χ1v) is 4.81. The van der Waals surface area contributed by atoms with Crippen LogP contribution >= 0.6 is 27.5 Å². The smallest absolute Gasteiger partial charge is 0.188 e. The Bertz CT molecular complexity index is 307. The standard InChI is InChI=1S/C5H3BrClNO2S/c6-5-4(7)1-3(2-8-5)11(9)10/h1-2H,(H,9,10). The molecule has 0 radical (unpaired) electrons. The van der Waals surface area contributed by atoms with Gasteiger partial charge in [-0.15, -0.1) is 0 Å². The Kier molecular flexibility index (Phi) is 3.00. The highest BCUT2D eigenvalue weighted by molar-refractivity contribution is 9.10. The van der Waals surface area contributed by atoms with Crippen LogP contribution in [0.5, 0.6) is 0 Å². The molecule has 1 N–H and O–H groups in total. The van der Waals surface area contributed by atoms with Crippen LogP contribution in [0.3, 0.4) is 0 Å². The predicted octanol–water partition coefficient (Wildman–Crippen LogP) is 2.08. The summed E-state index contributed by atoms with van der Waals surface area (Å²) in [6, 6.07) is 1.38. The average Bonchev–Trinajstić information content (AvgIpc) is 1.94. The van der Waals surface area contributed by atoms with E-state index in [4.69, 9.17) is 16.2 Å². The van der Waals surface area contributed by atoms with Crippen molar-refractivity contribution in [1.82, 2.24) is 4.98 Å². The van der Waals surface area contributed by atoms with Crippen molar-refractivity contribution in [1.29, 1.82) is 0 Å².